The maximum absolute atomic E-state index is 11.1. The zero-order valence-electron chi connectivity index (χ0n) is 18.8. The van der Waals surface area contributed by atoms with Crippen molar-refractivity contribution in [3.05, 3.63) is 113 Å². The molecule has 0 spiro atoms. The lowest BCUT2D eigenvalue weighted by molar-refractivity contribution is 0.185. The summed E-state index contributed by atoms with van der Waals surface area (Å²) in [6.07, 6.45) is 2.82. The van der Waals surface area contributed by atoms with E-state index in [0.717, 1.165) is 27.9 Å². The number of ether oxygens (including phenoxy) is 1. The molecule has 6 heteroatoms. The first-order valence-electron chi connectivity index (χ1n) is 11.1. The van der Waals surface area contributed by atoms with Crippen LogP contribution in [0.1, 0.15) is 28.1 Å². The number of rotatable bonds is 7. The Bertz CT molecular complexity index is 1440. The molecule has 34 heavy (non-hydrogen) atoms. The second-order valence-electron chi connectivity index (χ2n) is 8.29. The Balaban J connectivity index is 1.61. The minimum atomic E-state index is 0.0882. The molecule has 2 N–H and O–H groups in total. The number of benzene rings is 3. The van der Waals surface area contributed by atoms with Crippen LogP contribution in [0.4, 0.5) is 0 Å². The van der Waals surface area contributed by atoms with Crippen LogP contribution in [0.3, 0.4) is 0 Å². The van der Waals surface area contributed by atoms with Gasteiger partial charge in [0.15, 0.2) is 5.65 Å². The predicted molar refractivity (Wildman–Crippen MR) is 131 cm³/mol. The summed E-state index contributed by atoms with van der Waals surface area (Å²) in [5, 5.41) is 21.1. The molecule has 3 aromatic carbocycles. The highest BCUT2D eigenvalue weighted by molar-refractivity contribution is 5.64. The van der Waals surface area contributed by atoms with Crippen LogP contribution in [-0.2, 0) is 24.2 Å². The molecule has 0 fully saturated rings. The van der Waals surface area contributed by atoms with E-state index in [1.54, 1.807) is 35.9 Å². The summed E-state index contributed by atoms with van der Waals surface area (Å²) in [4.78, 5) is 9.69. The molecule has 0 bridgehead atoms. The fraction of sp³-hybridized carbons (Fsp3) is 0.143. The lowest BCUT2D eigenvalue weighted by atomic mass is 10.1. The molecule has 2 heterocycles. The van der Waals surface area contributed by atoms with Gasteiger partial charge in [0, 0.05) is 31.7 Å². The minimum Gasteiger partial charge on any atom is -0.508 e. The van der Waals surface area contributed by atoms with Crippen molar-refractivity contribution in [1.29, 1.82) is 0 Å². The fourth-order valence-electron chi connectivity index (χ4n) is 4.16. The third-order valence-electron chi connectivity index (χ3n) is 5.75. The molecule has 6 nitrogen and oxygen atoms in total. The van der Waals surface area contributed by atoms with Gasteiger partial charge in [0.1, 0.15) is 11.4 Å². The Morgan fingerprint density at radius 2 is 1.50 bits per heavy atom. The van der Waals surface area contributed by atoms with Crippen molar-refractivity contribution in [3.8, 4) is 22.9 Å². The number of nitrogens with zero attached hydrogens (tertiary/aromatic N) is 3. The van der Waals surface area contributed by atoms with Gasteiger partial charge in [-0.1, -0.05) is 66.7 Å². The van der Waals surface area contributed by atoms with E-state index >= 15 is 0 Å². The quantitative estimate of drug-likeness (QED) is 0.358. The number of fused-ring (bicyclic) bond motifs is 1. The molecule has 0 aliphatic carbocycles. The molecule has 0 radical (unpaired) electrons. The summed E-state index contributed by atoms with van der Waals surface area (Å²) in [5.74, 6) is 0.251. The fourth-order valence-corrected chi connectivity index (χ4v) is 4.16. The average Bonchev–Trinajstić information content (AvgIpc) is 3.16. The second kappa shape index (κ2) is 9.37. The zero-order valence-corrected chi connectivity index (χ0v) is 18.8. The summed E-state index contributed by atoms with van der Waals surface area (Å²) < 4.78 is 6.94. The van der Waals surface area contributed by atoms with E-state index in [1.807, 2.05) is 54.6 Å². The number of hydrogen-bond acceptors (Lipinski definition) is 5. The van der Waals surface area contributed by atoms with Crippen molar-refractivity contribution < 1.29 is 14.9 Å². The number of methoxy groups -OCH3 is 1. The van der Waals surface area contributed by atoms with E-state index in [4.69, 9.17) is 14.7 Å². The highest BCUT2D eigenvalue weighted by Gasteiger charge is 2.18. The molecule has 0 saturated carbocycles. The predicted octanol–water partition coefficient (Wildman–Crippen LogP) is 5.14. The minimum absolute atomic E-state index is 0.0882. The van der Waals surface area contributed by atoms with Crippen LogP contribution >= 0.6 is 0 Å². The normalized spacial score (nSPS) is 11.2. The lowest BCUT2D eigenvalue weighted by Gasteiger charge is -2.09. The summed E-state index contributed by atoms with van der Waals surface area (Å²) >= 11 is 0. The molecule has 170 valence electrons. The Labute approximate surface area is 197 Å². The summed E-state index contributed by atoms with van der Waals surface area (Å²) in [6.45, 7) is 0.531. The molecule has 5 rings (SSSR count). The number of aromatic nitrogens is 3. The molecular weight excluding hydrogens is 426 g/mol. The molecule has 0 aliphatic rings. The third-order valence-corrected chi connectivity index (χ3v) is 5.75. The summed E-state index contributed by atoms with van der Waals surface area (Å²) in [7, 11) is 1.67. The van der Waals surface area contributed by atoms with Crippen molar-refractivity contribution in [2.45, 2.75) is 19.4 Å². The first-order valence-corrected chi connectivity index (χ1v) is 11.1. The van der Waals surface area contributed by atoms with Gasteiger partial charge < -0.3 is 14.9 Å². The van der Waals surface area contributed by atoms with E-state index in [1.165, 1.54) is 0 Å². The molecule has 0 saturated heterocycles. The molecule has 0 unspecified atom stereocenters. The van der Waals surface area contributed by atoms with Crippen molar-refractivity contribution in [1.82, 2.24) is 14.4 Å². The van der Waals surface area contributed by atoms with Crippen LogP contribution < -0.4 is 0 Å². The van der Waals surface area contributed by atoms with Crippen molar-refractivity contribution in [2.24, 2.45) is 0 Å². The van der Waals surface area contributed by atoms with Crippen LogP contribution in [0.5, 0.6) is 11.6 Å². The summed E-state index contributed by atoms with van der Waals surface area (Å²) in [5.41, 5.74) is 6.57. The Morgan fingerprint density at radius 3 is 2.29 bits per heavy atom. The summed E-state index contributed by atoms with van der Waals surface area (Å²) in [6, 6.07) is 25.1. The van der Waals surface area contributed by atoms with E-state index in [-0.39, 0.29) is 11.6 Å². The van der Waals surface area contributed by atoms with Gasteiger partial charge >= 0.3 is 0 Å². The van der Waals surface area contributed by atoms with E-state index < -0.39 is 0 Å². The topological polar surface area (TPSA) is 79.9 Å². The van der Waals surface area contributed by atoms with Crippen LogP contribution in [-0.4, -0.2) is 31.7 Å². The van der Waals surface area contributed by atoms with Gasteiger partial charge in [-0.3, -0.25) is 4.40 Å². The average molecular weight is 452 g/mol. The smallest absolute Gasteiger partial charge is 0.219 e. The standard InChI is InChI=1S/C28H25N3O3/c1-34-18-21-10-5-9-20(13-21)15-25-28(33)31-17-26(22-11-6-12-23(32)16-22)29-24(27(31)30-25)14-19-7-3-2-4-8-19/h2-13,16-17,32-33H,14-15,18H2,1H3. The number of imidazole rings is 1. The lowest BCUT2D eigenvalue weighted by Crippen LogP contribution is -2.00. The van der Waals surface area contributed by atoms with E-state index in [2.05, 4.69) is 6.07 Å². The highest BCUT2D eigenvalue weighted by atomic mass is 16.5. The van der Waals surface area contributed by atoms with Gasteiger partial charge in [0.25, 0.3) is 0 Å². The first-order chi connectivity index (χ1) is 16.6. The Kier molecular flexibility index (Phi) is 5.97. The third kappa shape index (κ3) is 4.49. The van der Waals surface area contributed by atoms with Gasteiger partial charge in [-0.05, 0) is 28.8 Å². The first kappa shape index (κ1) is 21.7. The van der Waals surface area contributed by atoms with E-state index in [9.17, 15) is 10.2 Å². The molecule has 5 aromatic rings. The van der Waals surface area contributed by atoms with E-state index in [0.29, 0.717) is 36.5 Å². The molecular formula is C28H25N3O3. The Morgan fingerprint density at radius 1 is 0.765 bits per heavy atom. The van der Waals surface area contributed by atoms with Crippen LogP contribution in [0.2, 0.25) is 0 Å². The monoisotopic (exact) mass is 451 g/mol. The Hall–Kier alpha value is -4.16. The zero-order chi connectivity index (χ0) is 23.5. The molecule has 0 atom stereocenters. The number of aromatic hydroxyl groups is 2. The highest BCUT2D eigenvalue weighted by Crippen LogP contribution is 2.29. The number of phenols is 1. The number of phenolic OH excluding ortho intramolecular Hbond substituents is 1. The van der Waals surface area contributed by atoms with Crippen LogP contribution in [0.15, 0.2) is 85.1 Å². The molecule has 0 aliphatic heterocycles. The van der Waals surface area contributed by atoms with Gasteiger partial charge in [-0.25, -0.2) is 9.97 Å². The molecule has 0 amide bonds. The molecule has 2 aromatic heterocycles. The van der Waals surface area contributed by atoms with Crippen molar-refractivity contribution >= 4 is 5.65 Å². The SMILES string of the molecule is COCc1cccc(Cc2nc3c(Cc4ccccc4)nc(-c4cccc(O)c4)cn3c2O)c1. The second-order valence-corrected chi connectivity index (χ2v) is 8.29. The van der Waals surface area contributed by atoms with Gasteiger partial charge in [0.2, 0.25) is 5.88 Å². The van der Waals surface area contributed by atoms with Crippen molar-refractivity contribution in [2.75, 3.05) is 7.11 Å². The van der Waals surface area contributed by atoms with Crippen LogP contribution in [0.25, 0.3) is 16.9 Å². The largest absolute Gasteiger partial charge is 0.508 e. The van der Waals surface area contributed by atoms with Gasteiger partial charge in [-0.15, -0.1) is 0 Å². The number of hydrogen-bond donors (Lipinski definition) is 2. The maximum atomic E-state index is 11.1. The van der Waals surface area contributed by atoms with Crippen molar-refractivity contribution in [3.63, 3.8) is 0 Å². The van der Waals surface area contributed by atoms with Crippen LogP contribution in [0, 0.1) is 0 Å². The maximum Gasteiger partial charge on any atom is 0.219 e. The van der Waals surface area contributed by atoms with Gasteiger partial charge in [0.05, 0.1) is 18.0 Å². The van der Waals surface area contributed by atoms with Gasteiger partial charge in [-0.2, -0.15) is 0 Å².